The molecule has 4 rings (SSSR count). The molecule has 0 bridgehead atoms. The summed E-state index contributed by atoms with van der Waals surface area (Å²) in [5, 5.41) is 0.604. The van der Waals surface area contributed by atoms with Crippen LogP contribution in [0.15, 0.2) is 71.9 Å². The fourth-order valence-corrected chi connectivity index (χ4v) is 2.67. The zero-order valence-electron chi connectivity index (χ0n) is 12.4. The highest BCUT2D eigenvalue weighted by molar-refractivity contribution is 6.30. The molecule has 0 radical (unpaired) electrons. The predicted molar refractivity (Wildman–Crippen MR) is 91.2 cm³/mol. The van der Waals surface area contributed by atoms with Crippen LogP contribution < -0.4 is 5.56 Å². The zero-order chi connectivity index (χ0) is 16.7. The molecule has 4 aromatic rings. The number of rotatable bonds is 2. The molecule has 0 aliphatic carbocycles. The quantitative estimate of drug-likeness (QED) is 0.555. The van der Waals surface area contributed by atoms with Crippen molar-refractivity contribution in [2.45, 2.75) is 0 Å². The first-order valence-corrected chi connectivity index (χ1v) is 7.62. The fraction of sp³-hybridized carbons (Fsp3) is 0. The maximum absolute atomic E-state index is 13.1. The third kappa shape index (κ3) is 2.49. The second-order valence-corrected chi connectivity index (χ2v) is 5.75. The van der Waals surface area contributed by atoms with E-state index < -0.39 is 0 Å². The van der Waals surface area contributed by atoms with Gasteiger partial charge in [0.05, 0.1) is 5.69 Å². The van der Waals surface area contributed by atoms with Gasteiger partial charge in [0.1, 0.15) is 5.82 Å². The lowest BCUT2D eigenvalue weighted by molar-refractivity contribution is 0.628. The van der Waals surface area contributed by atoms with Crippen molar-refractivity contribution in [3.8, 4) is 16.9 Å². The molecule has 4 nitrogen and oxygen atoms in total. The molecular formula is C18H11ClFN3O. The van der Waals surface area contributed by atoms with E-state index in [1.54, 1.807) is 59.4 Å². The third-order valence-corrected chi connectivity index (χ3v) is 4.02. The first kappa shape index (κ1) is 14.7. The number of aromatic nitrogens is 3. The molecule has 0 N–H and O–H groups in total. The lowest BCUT2D eigenvalue weighted by atomic mass is 10.2. The van der Waals surface area contributed by atoms with Crippen LogP contribution in [-0.4, -0.2) is 14.0 Å². The Bertz CT molecular complexity index is 1080. The minimum atomic E-state index is -0.312. The molecule has 0 unspecified atom stereocenters. The van der Waals surface area contributed by atoms with E-state index in [2.05, 4.69) is 4.98 Å². The summed E-state index contributed by atoms with van der Waals surface area (Å²) in [6, 6.07) is 13.0. The highest BCUT2D eigenvalue weighted by Gasteiger charge is 2.10. The van der Waals surface area contributed by atoms with Crippen molar-refractivity contribution in [2.24, 2.45) is 0 Å². The molecule has 24 heavy (non-hydrogen) atoms. The maximum Gasteiger partial charge on any atom is 0.298 e. The average Bonchev–Trinajstić information content (AvgIpc) is 3.02. The number of imidazole rings is 1. The molecule has 0 aliphatic heterocycles. The van der Waals surface area contributed by atoms with Gasteiger partial charge in [-0.2, -0.15) is 0 Å². The third-order valence-electron chi connectivity index (χ3n) is 3.76. The molecular weight excluding hydrogens is 329 g/mol. The van der Waals surface area contributed by atoms with Crippen LogP contribution in [0.1, 0.15) is 0 Å². The van der Waals surface area contributed by atoms with Crippen LogP contribution in [0.2, 0.25) is 5.02 Å². The molecule has 0 saturated carbocycles. The first-order valence-electron chi connectivity index (χ1n) is 7.24. The lowest BCUT2D eigenvalue weighted by Crippen LogP contribution is -2.19. The molecule has 0 saturated heterocycles. The topological polar surface area (TPSA) is 39.3 Å². The normalized spacial score (nSPS) is 11.1. The van der Waals surface area contributed by atoms with Crippen LogP contribution in [0.3, 0.4) is 0 Å². The van der Waals surface area contributed by atoms with Crippen LogP contribution in [-0.2, 0) is 0 Å². The number of halogens is 2. The Morgan fingerprint density at radius 1 is 0.958 bits per heavy atom. The van der Waals surface area contributed by atoms with Gasteiger partial charge < -0.3 is 4.40 Å². The Balaban J connectivity index is 1.86. The van der Waals surface area contributed by atoms with Crippen LogP contribution in [0.4, 0.5) is 4.39 Å². The van der Waals surface area contributed by atoms with Crippen LogP contribution in [0.25, 0.3) is 22.6 Å². The predicted octanol–water partition coefficient (Wildman–Crippen LogP) is 3.94. The minimum Gasteiger partial charge on any atom is -0.300 e. The van der Waals surface area contributed by atoms with Crippen LogP contribution in [0.5, 0.6) is 0 Å². The number of benzene rings is 2. The van der Waals surface area contributed by atoms with E-state index in [0.29, 0.717) is 22.1 Å². The number of hydrogen-bond acceptors (Lipinski definition) is 2. The maximum atomic E-state index is 13.1. The Morgan fingerprint density at radius 3 is 2.38 bits per heavy atom. The van der Waals surface area contributed by atoms with E-state index in [-0.39, 0.29) is 11.4 Å². The first-order chi connectivity index (χ1) is 11.6. The largest absolute Gasteiger partial charge is 0.300 e. The summed E-state index contributed by atoms with van der Waals surface area (Å²) < 4.78 is 16.2. The van der Waals surface area contributed by atoms with E-state index >= 15 is 0 Å². The van der Waals surface area contributed by atoms with E-state index in [9.17, 15) is 9.18 Å². The van der Waals surface area contributed by atoms with E-state index in [1.165, 1.54) is 16.7 Å². The van der Waals surface area contributed by atoms with Gasteiger partial charge >= 0.3 is 0 Å². The molecule has 6 heteroatoms. The molecule has 0 fully saturated rings. The monoisotopic (exact) mass is 339 g/mol. The Hall–Kier alpha value is -2.92. The van der Waals surface area contributed by atoms with Gasteiger partial charge in [0.2, 0.25) is 5.65 Å². The molecule has 2 aromatic carbocycles. The van der Waals surface area contributed by atoms with Gasteiger partial charge in [-0.1, -0.05) is 11.6 Å². The smallest absolute Gasteiger partial charge is 0.298 e. The molecule has 2 aromatic heterocycles. The molecule has 0 spiro atoms. The van der Waals surface area contributed by atoms with Gasteiger partial charge in [-0.05, 0) is 48.5 Å². The lowest BCUT2D eigenvalue weighted by Gasteiger charge is -2.05. The van der Waals surface area contributed by atoms with E-state index in [1.807, 2.05) is 0 Å². The Morgan fingerprint density at radius 2 is 1.67 bits per heavy atom. The molecule has 0 atom stereocenters. The second kappa shape index (κ2) is 5.62. The zero-order valence-corrected chi connectivity index (χ0v) is 13.1. The van der Waals surface area contributed by atoms with Crippen molar-refractivity contribution in [1.82, 2.24) is 14.0 Å². The summed E-state index contributed by atoms with van der Waals surface area (Å²) in [7, 11) is 0. The van der Waals surface area contributed by atoms with Crippen molar-refractivity contribution in [2.75, 3.05) is 0 Å². The van der Waals surface area contributed by atoms with Gasteiger partial charge in [0.25, 0.3) is 5.56 Å². The van der Waals surface area contributed by atoms with Crippen molar-refractivity contribution < 1.29 is 4.39 Å². The van der Waals surface area contributed by atoms with Crippen LogP contribution in [0, 0.1) is 5.82 Å². The van der Waals surface area contributed by atoms with Gasteiger partial charge in [-0.25, -0.2) is 9.37 Å². The summed E-state index contributed by atoms with van der Waals surface area (Å²) in [6.07, 6.45) is 5.18. The van der Waals surface area contributed by atoms with Crippen molar-refractivity contribution in [1.29, 1.82) is 0 Å². The Labute approximate surface area is 141 Å². The number of fused-ring (bicyclic) bond motifs is 1. The summed E-state index contributed by atoms with van der Waals surface area (Å²) in [5.41, 5.74) is 2.12. The van der Waals surface area contributed by atoms with Crippen molar-refractivity contribution in [3.05, 3.63) is 88.3 Å². The summed E-state index contributed by atoms with van der Waals surface area (Å²) in [5.74, 6) is -0.312. The van der Waals surface area contributed by atoms with Gasteiger partial charge in [0.15, 0.2) is 0 Å². The fourth-order valence-electron chi connectivity index (χ4n) is 2.54. The van der Waals surface area contributed by atoms with Gasteiger partial charge in [-0.15, -0.1) is 0 Å². The average molecular weight is 340 g/mol. The summed E-state index contributed by atoms with van der Waals surface area (Å²) in [6.45, 7) is 0. The molecule has 2 heterocycles. The highest BCUT2D eigenvalue weighted by atomic mass is 35.5. The number of hydrogen-bond donors (Lipinski definition) is 0. The van der Waals surface area contributed by atoms with Crippen molar-refractivity contribution >= 4 is 17.2 Å². The second-order valence-electron chi connectivity index (χ2n) is 5.31. The Kier molecular flexibility index (Phi) is 3.43. The minimum absolute atomic E-state index is 0.242. The summed E-state index contributed by atoms with van der Waals surface area (Å²) in [4.78, 5) is 17.1. The van der Waals surface area contributed by atoms with E-state index in [0.717, 1.165) is 5.56 Å². The van der Waals surface area contributed by atoms with E-state index in [4.69, 9.17) is 11.6 Å². The standard InChI is InChI=1S/C18H11ClFN3O/c19-13-3-7-15(8-4-13)23-10-9-22-11-16(21-17(22)18(23)24)12-1-5-14(20)6-2-12/h1-11H. The number of nitrogens with zero attached hydrogens (tertiary/aromatic N) is 3. The molecule has 0 amide bonds. The highest BCUT2D eigenvalue weighted by Crippen LogP contribution is 2.19. The van der Waals surface area contributed by atoms with Crippen LogP contribution >= 0.6 is 11.6 Å². The van der Waals surface area contributed by atoms with Crippen molar-refractivity contribution in [3.63, 3.8) is 0 Å². The van der Waals surface area contributed by atoms with Gasteiger partial charge in [0, 0.05) is 34.9 Å². The van der Waals surface area contributed by atoms with Gasteiger partial charge in [-0.3, -0.25) is 9.36 Å². The molecule has 0 aliphatic rings. The SMILES string of the molecule is O=c1c2nc(-c3ccc(F)cc3)cn2ccn1-c1ccc(Cl)cc1. The summed E-state index contributed by atoms with van der Waals surface area (Å²) >= 11 is 5.89. The molecule has 118 valence electrons.